The standard InChI is InChI=1S/C28H25N5O3S/c1-19(30)22(16-29)24(34)18-37-28-32-31-27(33(28)23-13-7-9-15-26(23)35-2)17-36-25-14-8-6-12-21(25)20-10-4-3-5-11-20/h3-15H,17-18,30H2,1-2H3. The summed E-state index contributed by atoms with van der Waals surface area (Å²) in [6, 6.07) is 27.1. The Bertz CT molecular complexity index is 1470. The molecule has 9 heteroatoms. The lowest BCUT2D eigenvalue weighted by molar-refractivity contribution is -0.112. The molecule has 0 bridgehead atoms. The fraction of sp³-hybridized carbons (Fsp3) is 0.143. The molecule has 0 saturated heterocycles. The molecule has 0 radical (unpaired) electrons. The fourth-order valence-corrected chi connectivity index (χ4v) is 4.54. The van der Waals surface area contributed by atoms with Crippen molar-refractivity contribution in [3.05, 3.63) is 96.0 Å². The number of ether oxygens (including phenoxy) is 2. The lowest BCUT2D eigenvalue weighted by Gasteiger charge is -2.15. The predicted octanol–water partition coefficient (Wildman–Crippen LogP) is 4.94. The number of nitrogens with zero attached hydrogens (tertiary/aromatic N) is 4. The molecule has 0 saturated carbocycles. The van der Waals surface area contributed by atoms with E-state index < -0.39 is 0 Å². The summed E-state index contributed by atoms with van der Waals surface area (Å²) in [4.78, 5) is 12.6. The highest BCUT2D eigenvalue weighted by atomic mass is 32.2. The van der Waals surface area contributed by atoms with E-state index in [0.717, 1.165) is 22.9 Å². The van der Waals surface area contributed by atoms with Gasteiger partial charge in [-0.2, -0.15) is 5.26 Å². The Morgan fingerprint density at radius 2 is 1.68 bits per heavy atom. The van der Waals surface area contributed by atoms with Gasteiger partial charge in [0.2, 0.25) is 0 Å². The highest BCUT2D eigenvalue weighted by molar-refractivity contribution is 7.99. The number of nitrogens with two attached hydrogens (primary N) is 1. The lowest BCUT2D eigenvalue weighted by Crippen LogP contribution is -2.12. The molecule has 1 aromatic heterocycles. The number of carbonyl (C=O) groups is 1. The minimum absolute atomic E-state index is 0.0254. The van der Waals surface area contributed by atoms with Crippen molar-refractivity contribution in [1.82, 2.24) is 14.8 Å². The van der Waals surface area contributed by atoms with Crippen LogP contribution < -0.4 is 15.2 Å². The Labute approximate surface area is 219 Å². The summed E-state index contributed by atoms with van der Waals surface area (Å²) in [5.74, 6) is 1.43. The molecular formula is C28H25N5O3S. The van der Waals surface area contributed by atoms with Crippen LogP contribution in [-0.2, 0) is 11.4 Å². The molecule has 0 spiro atoms. The largest absolute Gasteiger partial charge is 0.495 e. The Kier molecular flexibility index (Phi) is 8.23. The number of para-hydroxylation sites is 3. The Morgan fingerprint density at radius 3 is 2.38 bits per heavy atom. The number of carbonyl (C=O) groups excluding carboxylic acids is 1. The summed E-state index contributed by atoms with van der Waals surface area (Å²) < 4.78 is 13.6. The molecule has 37 heavy (non-hydrogen) atoms. The molecule has 0 aliphatic carbocycles. The quantitative estimate of drug-likeness (QED) is 0.181. The average Bonchev–Trinajstić information content (AvgIpc) is 3.34. The molecule has 0 amide bonds. The van der Waals surface area contributed by atoms with Crippen molar-refractivity contribution >= 4 is 17.5 Å². The zero-order chi connectivity index (χ0) is 26.2. The van der Waals surface area contributed by atoms with Crippen LogP contribution in [0, 0.1) is 11.3 Å². The van der Waals surface area contributed by atoms with Gasteiger partial charge >= 0.3 is 0 Å². The van der Waals surface area contributed by atoms with Crippen LogP contribution in [0.3, 0.4) is 0 Å². The maximum atomic E-state index is 12.6. The number of hydrogen-bond acceptors (Lipinski definition) is 8. The van der Waals surface area contributed by atoms with Crippen molar-refractivity contribution in [3.8, 4) is 34.4 Å². The van der Waals surface area contributed by atoms with Crippen LogP contribution in [0.4, 0.5) is 0 Å². The first-order valence-corrected chi connectivity index (χ1v) is 12.4. The summed E-state index contributed by atoms with van der Waals surface area (Å²) in [6.07, 6.45) is 0. The molecule has 4 aromatic rings. The van der Waals surface area contributed by atoms with Gasteiger partial charge in [-0.15, -0.1) is 10.2 Å². The maximum Gasteiger partial charge on any atom is 0.196 e. The number of aromatic nitrogens is 3. The van der Waals surface area contributed by atoms with Crippen LogP contribution in [0.5, 0.6) is 11.5 Å². The molecule has 4 rings (SSSR count). The van der Waals surface area contributed by atoms with E-state index >= 15 is 0 Å². The van der Waals surface area contributed by atoms with Gasteiger partial charge in [-0.1, -0.05) is 72.4 Å². The third-order valence-electron chi connectivity index (χ3n) is 5.47. The number of nitriles is 1. The van der Waals surface area contributed by atoms with Gasteiger partial charge < -0.3 is 15.2 Å². The lowest BCUT2D eigenvalue weighted by atomic mass is 10.1. The van der Waals surface area contributed by atoms with Crippen LogP contribution in [0.1, 0.15) is 12.7 Å². The highest BCUT2D eigenvalue weighted by Crippen LogP contribution is 2.32. The van der Waals surface area contributed by atoms with E-state index in [1.165, 1.54) is 6.92 Å². The number of thioether (sulfide) groups is 1. The summed E-state index contributed by atoms with van der Waals surface area (Å²) in [5.41, 5.74) is 8.51. The number of benzene rings is 3. The average molecular weight is 512 g/mol. The van der Waals surface area contributed by atoms with E-state index in [2.05, 4.69) is 10.2 Å². The molecule has 0 aliphatic heterocycles. The Morgan fingerprint density at radius 1 is 1.00 bits per heavy atom. The normalized spacial score (nSPS) is 11.4. The van der Waals surface area contributed by atoms with Crippen molar-refractivity contribution < 1.29 is 14.3 Å². The second kappa shape index (κ2) is 11.9. The first-order valence-electron chi connectivity index (χ1n) is 11.4. The van der Waals surface area contributed by atoms with E-state index in [9.17, 15) is 10.1 Å². The summed E-state index contributed by atoms with van der Waals surface area (Å²) >= 11 is 1.16. The zero-order valence-corrected chi connectivity index (χ0v) is 21.2. The third kappa shape index (κ3) is 5.82. The van der Waals surface area contributed by atoms with Crippen LogP contribution in [-0.4, -0.2) is 33.4 Å². The second-order valence-electron chi connectivity index (χ2n) is 7.94. The van der Waals surface area contributed by atoms with Gasteiger partial charge in [-0.3, -0.25) is 9.36 Å². The highest BCUT2D eigenvalue weighted by Gasteiger charge is 2.21. The van der Waals surface area contributed by atoms with Gasteiger partial charge in [0.1, 0.15) is 29.7 Å². The van der Waals surface area contributed by atoms with Gasteiger partial charge in [0.15, 0.2) is 16.8 Å². The number of hydrogen-bond donors (Lipinski definition) is 1. The van der Waals surface area contributed by atoms with Crippen LogP contribution in [0.25, 0.3) is 16.8 Å². The van der Waals surface area contributed by atoms with Gasteiger partial charge in [-0.25, -0.2) is 0 Å². The number of methoxy groups -OCH3 is 1. The van der Waals surface area contributed by atoms with E-state index in [1.807, 2.05) is 84.9 Å². The van der Waals surface area contributed by atoms with Crippen LogP contribution in [0.15, 0.2) is 95.3 Å². The molecule has 0 fully saturated rings. The first-order chi connectivity index (χ1) is 18.0. The monoisotopic (exact) mass is 511 g/mol. The minimum Gasteiger partial charge on any atom is -0.495 e. The van der Waals surface area contributed by atoms with Crippen LogP contribution in [0.2, 0.25) is 0 Å². The SMILES string of the molecule is COc1ccccc1-n1c(COc2ccccc2-c2ccccc2)nnc1SCC(=O)C(C#N)=C(C)N. The molecule has 186 valence electrons. The zero-order valence-electron chi connectivity index (χ0n) is 20.4. The fourth-order valence-electron chi connectivity index (χ4n) is 3.71. The summed E-state index contributed by atoms with van der Waals surface area (Å²) in [6.45, 7) is 1.65. The Balaban J connectivity index is 1.66. The summed E-state index contributed by atoms with van der Waals surface area (Å²) in [7, 11) is 1.58. The molecule has 0 unspecified atom stereocenters. The predicted molar refractivity (Wildman–Crippen MR) is 142 cm³/mol. The maximum absolute atomic E-state index is 12.6. The number of Topliss-reactive ketones (excluding diaryl/α,β-unsaturated/α-hetero) is 1. The van der Waals surface area contributed by atoms with Gasteiger partial charge in [0, 0.05) is 11.3 Å². The van der Waals surface area contributed by atoms with Gasteiger partial charge in [0.25, 0.3) is 0 Å². The molecule has 0 aliphatic rings. The smallest absolute Gasteiger partial charge is 0.196 e. The topological polar surface area (TPSA) is 116 Å². The molecule has 0 atom stereocenters. The molecule has 3 aromatic carbocycles. The first kappa shape index (κ1) is 25.5. The van der Waals surface area contributed by atoms with E-state index in [1.54, 1.807) is 11.7 Å². The minimum atomic E-state index is -0.378. The molecule has 2 N–H and O–H groups in total. The van der Waals surface area contributed by atoms with Crippen molar-refractivity contribution in [2.24, 2.45) is 5.73 Å². The van der Waals surface area contributed by atoms with Crippen LogP contribution >= 0.6 is 11.8 Å². The number of allylic oxidation sites excluding steroid dienone is 2. The van der Waals surface area contributed by atoms with Crippen molar-refractivity contribution in [2.45, 2.75) is 18.7 Å². The van der Waals surface area contributed by atoms with E-state index in [0.29, 0.717) is 28.2 Å². The van der Waals surface area contributed by atoms with Crippen molar-refractivity contribution in [3.63, 3.8) is 0 Å². The number of ketones is 1. The number of rotatable bonds is 10. The van der Waals surface area contributed by atoms with Gasteiger partial charge in [-0.05, 0) is 30.7 Å². The summed E-state index contributed by atoms with van der Waals surface area (Å²) in [5, 5.41) is 18.4. The van der Waals surface area contributed by atoms with Crippen molar-refractivity contribution in [2.75, 3.05) is 12.9 Å². The molecule has 8 nitrogen and oxygen atoms in total. The van der Waals surface area contributed by atoms with Gasteiger partial charge in [0.05, 0.1) is 18.6 Å². The van der Waals surface area contributed by atoms with Crippen molar-refractivity contribution in [1.29, 1.82) is 5.26 Å². The van der Waals surface area contributed by atoms with E-state index in [4.69, 9.17) is 15.2 Å². The molecule has 1 heterocycles. The molecular weight excluding hydrogens is 486 g/mol. The Hall–Kier alpha value is -4.55. The second-order valence-corrected chi connectivity index (χ2v) is 8.88. The van der Waals surface area contributed by atoms with E-state index in [-0.39, 0.29) is 29.4 Å². The third-order valence-corrected chi connectivity index (χ3v) is 6.40.